The van der Waals surface area contributed by atoms with Crippen molar-refractivity contribution < 1.29 is 4.79 Å². The fraction of sp³-hybridized carbons (Fsp3) is 0.556. The zero-order chi connectivity index (χ0) is 9.42. The van der Waals surface area contributed by atoms with E-state index in [2.05, 4.69) is 20.9 Å². The first-order valence-electron chi connectivity index (χ1n) is 4.29. The van der Waals surface area contributed by atoms with Crippen LogP contribution >= 0.6 is 27.3 Å². The number of ketones is 1. The molecule has 13 heavy (non-hydrogen) atoms. The van der Waals surface area contributed by atoms with Gasteiger partial charge >= 0.3 is 0 Å². The Morgan fingerprint density at radius 3 is 2.92 bits per heavy atom. The van der Waals surface area contributed by atoms with Crippen LogP contribution in [-0.2, 0) is 0 Å². The molecule has 1 aliphatic rings. The number of aromatic nitrogens is 1. The second kappa shape index (κ2) is 3.50. The molecular formula is C9H10BrNOS. The highest BCUT2D eigenvalue weighted by Crippen LogP contribution is 2.47. The van der Waals surface area contributed by atoms with E-state index in [0.717, 1.165) is 15.8 Å². The Kier molecular flexibility index (Phi) is 2.51. The molecule has 0 bridgehead atoms. The van der Waals surface area contributed by atoms with Gasteiger partial charge < -0.3 is 0 Å². The average Bonchev–Trinajstić information content (AvgIpc) is 2.81. The maximum absolute atomic E-state index is 11.0. The lowest BCUT2D eigenvalue weighted by atomic mass is 10.3. The van der Waals surface area contributed by atoms with E-state index in [1.54, 1.807) is 13.1 Å². The van der Waals surface area contributed by atoms with Crippen LogP contribution in [0, 0.1) is 5.92 Å². The summed E-state index contributed by atoms with van der Waals surface area (Å²) in [5.41, 5.74) is 0. The third kappa shape index (κ3) is 1.99. The molecule has 0 saturated heterocycles. The van der Waals surface area contributed by atoms with Gasteiger partial charge in [-0.1, -0.05) is 15.9 Å². The van der Waals surface area contributed by atoms with E-state index < -0.39 is 0 Å². The van der Waals surface area contributed by atoms with Crippen molar-refractivity contribution in [3.63, 3.8) is 0 Å². The number of Topliss-reactive ketones (excluding diaryl/α,β-unsaturated/α-hetero) is 1. The first-order chi connectivity index (χ1) is 6.18. The lowest BCUT2D eigenvalue weighted by Crippen LogP contribution is -1.89. The molecule has 1 aromatic heterocycles. The van der Waals surface area contributed by atoms with E-state index in [1.165, 1.54) is 24.2 Å². The summed E-state index contributed by atoms with van der Waals surface area (Å²) >= 11 is 5.12. The summed E-state index contributed by atoms with van der Waals surface area (Å²) in [6.07, 6.45) is 4.24. The van der Waals surface area contributed by atoms with Crippen LogP contribution in [0.25, 0.3) is 0 Å². The minimum absolute atomic E-state index is 0.110. The molecule has 0 spiro atoms. The van der Waals surface area contributed by atoms with Gasteiger partial charge in [0.15, 0.2) is 5.78 Å². The third-order valence-electron chi connectivity index (χ3n) is 2.14. The average molecular weight is 260 g/mol. The minimum atomic E-state index is 0.110. The van der Waals surface area contributed by atoms with Gasteiger partial charge in [-0.2, -0.15) is 0 Å². The standard InChI is InChI=1S/C9H10BrNOS/c1-5(12)7-4-11-9(13-7)8(10)6-2-3-6/h4,6,8H,2-3H2,1H3. The predicted octanol–water partition coefficient (Wildman–Crippen LogP) is 3.19. The summed E-state index contributed by atoms with van der Waals surface area (Å²) in [5, 5.41) is 1.05. The number of nitrogens with zero attached hydrogens (tertiary/aromatic N) is 1. The van der Waals surface area contributed by atoms with E-state index in [1.807, 2.05) is 0 Å². The quantitative estimate of drug-likeness (QED) is 0.617. The molecule has 2 nitrogen and oxygen atoms in total. The van der Waals surface area contributed by atoms with E-state index in [0.29, 0.717) is 4.83 Å². The van der Waals surface area contributed by atoms with Gasteiger partial charge in [0.1, 0.15) is 5.01 Å². The fourth-order valence-electron chi connectivity index (χ4n) is 1.17. The number of carbonyl (C=O) groups excluding carboxylic acids is 1. The van der Waals surface area contributed by atoms with Gasteiger partial charge in [-0.15, -0.1) is 11.3 Å². The Labute approximate surface area is 89.5 Å². The van der Waals surface area contributed by atoms with Crippen molar-refractivity contribution in [1.29, 1.82) is 0 Å². The van der Waals surface area contributed by atoms with Crippen molar-refractivity contribution in [3.8, 4) is 0 Å². The number of carbonyl (C=O) groups is 1. The Morgan fingerprint density at radius 2 is 2.46 bits per heavy atom. The van der Waals surface area contributed by atoms with Crippen LogP contribution in [0.1, 0.15) is 39.3 Å². The number of rotatable bonds is 3. The first-order valence-corrected chi connectivity index (χ1v) is 6.02. The van der Waals surface area contributed by atoms with E-state index in [-0.39, 0.29) is 5.78 Å². The predicted molar refractivity (Wildman–Crippen MR) is 56.5 cm³/mol. The number of alkyl halides is 1. The van der Waals surface area contributed by atoms with Crippen molar-refractivity contribution in [2.75, 3.05) is 0 Å². The maximum atomic E-state index is 11.0. The van der Waals surface area contributed by atoms with Crippen molar-refractivity contribution in [1.82, 2.24) is 4.98 Å². The smallest absolute Gasteiger partial charge is 0.171 e. The fourth-order valence-corrected chi connectivity index (χ4v) is 2.98. The third-order valence-corrected chi connectivity index (χ3v) is 4.81. The van der Waals surface area contributed by atoms with Crippen molar-refractivity contribution in [2.45, 2.75) is 24.6 Å². The summed E-state index contributed by atoms with van der Waals surface area (Å²) in [7, 11) is 0. The monoisotopic (exact) mass is 259 g/mol. The number of hydrogen-bond donors (Lipinski definition) is 0. The molecule has 70 valence electrons. The lowest BCUT2D eigenvalue weighted by Gasteiger charge is -2.01. The van der Waals surface area contributed by atoms with Crippen molar-refractivity contribution in [3.05, 3.63) is 16.1 Å². The summed E-state index contributed by atoms with van der Waals surface area (Å²) in [6, 6.07) is 0. The van der Waals surface area contributed by atoms with Crippen LogP contribution in [0.4, 0.5) is 0 Å². The molecule has 1 aromatic rings. The summed E-state index contributed by atoms with van der Waals surface area (Å²) < 4.78 is 0. The van der Waals surface area contributed by atoms with Crippen LogP contribution in [0.3, 0.4) is 0 Å². The second-order valence-electron chi connectivity index (χ2n) is 3.36. The Bertz CT molecular complexity index is 332. The molecule has 1 saturated carbocycles. The summed E-state index contributed by atoms with van der Waals surface area (Å²) in [4.78, 5) is 16.4. The minimum Gasteiger partial charge on any atom is -0.294 e. The van der Waals surface area contributed by atoms with Gasteiger partial charge in [0, 0.05) is 13.1 Å². The molecule has 2 rings (SSSR count). The molecule has 0 amide bonds. The van der Waals surface area contributed by atoms with E-state index >= 15 is 0 Å². The van der Waals surface area contributed by atoms with Crippen LogP contribution in [-0.4, -0.2) is 10.8 Å². The summed E-state index contributed by atoms with van der Waals surface area (Å²) in [5.74, 6) is 0.852. The SMILES string of the molecule is CC(=O)c1cnc(C(Br)C2CC2)s1. The van der Waals surface area contributed by atoms with Crippen LogP contribution in [0.2, 0.25) is 0 Å². The van der Waals surface area contributed by atoms with Gasteiger partial charge in [0.2, 0.25) is 0 Å². The molecular weight excluding hydrogens is 250 g/mol. The molecule has 4 heteroatoms. The number of halogens is 1. The molecule has 1 heterocycles. The Balaban J connectivity index is 2.16. The van der Waals surface area contributed by atoms with Crippen LogP contribution < -0.4 is 0 Å². The Morgan fingerprint density at radius 1 is 1.77 bits per heavy atom. The van der Waals surface area contributed by atoms with E-state index in [4.69, 9.17) is 0 Å². The van der Waals surface area contributed by atoms with Crippen molar-refractivity contribution >= 4 is 33.0 Å². The van der Waals surface area contributed by atoms with Gasteiger partial charge in [0.25, 0.3) is 0 Å². The highest BCUT2D eigenvalue weighted by atomic mass is 79.9. The lowest BCUT2D eigenvalue weighted by molar-refractivity contribution is 0.102. The first kappa shape index (κ1) is 9.34. The normalized spacial score (nSPS) is 18.6. The highest BCUT2D eigenvalue weighted by molar-refractivity contribution is 9.09. The number of thiazole rings is 1. The molecule has 0 N–H and O–H groups in total. The highest BCUT2D eigenvalue weighted by Gasteiger charge is 2.32. The molecule has 0 aromatic carbocycles. The van der Waals surface area contributed by atoms with Gasteiger partial charge in [0.05, 0.1) is 9.70 Å². The Hall–Kier alpha value is -0.220. The van der Waals surface area contributed by atoms with Gasteiger partial charge in [-0.05, 0) is 18.8 Å². The number of hydrogen-bond acceptors (Lipinski definition) is 3. The molecule has 1 atom stereocenters. The zero-order valence-electron chi connectivity index (χ0n) is 7.29. The zero-order valence-corrected chi connectivity index (χ0v) is 9.69. The molecule has 0 aliphatic heterocycles. The van der Waals surface area contributed by atoms with Crippen molar-refractivity contribution in [2.24, 2.45) is 5.92 Å². The second-order valence-corrected chi connectivity index (χ2v) is 5.41. The molecule has 1 fully saturated rings. The molecule has 1 unspecified atom stereocenters. The molecule has 0 radical (unpaired) electrons. The topological polar surface area (TPSA) is 30.0 Å². The van der Waals surface area contributed by atoms with Crippen LogP contribution in [0.15, 0.2) is 6.20 Å². The summed E-state index contributed by atoms with van der Waals surface area (Å²) in [6.45, 7) is 1.58. The van der Waals surface area contributed by atoms with Crippen LogP contribution in [0.5, 0.6) is 0 Å². The largest absolute Gasteiger partial charge is 0.294 e. The van der Waals surface area contributed by atoms with Gasteiger partial charge in [-0.3, -0.25) is 4.79 Å². The van der Waals surface area contributed by atoms with Gasteiger partial charge in [-0.25, -0.2) is 4.98 Å². The maximum Gasteiger partial charge on any atom is 0.171 e. The molecule has 1 aliphatic carbocycles. The van der Waals surface area contributed by atoms with E-state index in [9.17, 15) is 4.79 Å².